The van der Waals surface area contributed by atoms with Crippen molar-refractivity contribution in [3.05, 3.63) is 77.6 Å². The fourth-order valence-corrected chi connectivity index (χ4v) is 3.45. The molecular weight excluding hydrogens is 418 g/mol. The molecule has 1 amide bonds. The van der Waals surface area contributed by atoms with Crippen LogP contribution in [0.25, 0.3) is 5.69 Å². The molecule has 2 heterocycles. The highest BCUT2D eigenvalue weighted by molar-refractivity contribution is 5.97. The van der Waals surface area contributed by atoms with Gasteiger partial charge in [0.15, 0.2) is 5.78 Å². The van der Waals surface area contributed by atoms with Gasteiger partial charge in [-0.15, -0.1) is 0 Å². The number of nitrogens with zero attached hydrogens (tertiary/aromatic N) is 4. The summed E-state index contributed by atoms with van der Waals surface area (Å²) in [6, 6.07) is 15.9. The van der Waals surface area contributed by atoms with Gasteiger partial charge in [-0.1, -0.05) is 42.0 Å². The van der Waals surface area contributed by atoms with E-state index in [1.165, 1.54) is 4.80 Å². The largest absolute Gasteiger partial charge is 0.445 e. The summed E-state index contributed by atoms with van der Waals surface area (Å²) in [6.07, 6.45) is 3.93. The fraction of sp³-hybridized carbons (Fsp3) is 0.360. The van der Waals surface area contributed by atoms with Crippen molar-refractivity contribution in [2.45, 2.75) is 39.8 Å². The Bertz CT molecular complexity index is 1040. The highest BCUT2D eigenvalue weighted by Crippen LogP contribution is 2.15. The molecule has 1 fully saturated rings. The summed E-state index contributed by atoms with van der Waals surface area (Å²) in [5, 5.41) is 11.4. The third-order valence-corrected chi connectivity index (χ3v) is 5.34. The number of nitrogens with one attached hydrogen (secondary N) is 1. The fourth-order valence-electron chi connectivity index (χ4n) is 3.45. The number of hydrogen-bond donors (Lipinski definition) is 1. The Morgan fingerprint density at radius 3 is 2.52 bits per heavy atom. The van der Waals surface area contributed by atoms with Gasteiger partial charge >= 0.3 is 6.09 Å². The topological polar surface area (TPSA) is 89.4 Å². The summed E-state index contributed by atoms with van der Waals surface area (Å²) in [6.45, 7) is 8.30. The first-order chi connectivity index (χ1) is 15.9. The molecule has 1 atom stereocenters. The second kappa shape index (κ2) is 11.9. The van der Waals surface area contributed by atoms with Gasteiger partial charge in [0.05, 0.1) is 18.1 Å². The quantitative estimate of drug-likeness (QED) is 0.610. The number of amides is 1. The molecule has 174 valence electrons. The van der Waals surface area contributed by atoms with Gasteiger partial charge in [-0.3, -0.25) is 4.79 Å². The zero-order chi connectivity index (χ0) is 23.6. The van der Waals surface area contributed by atoms with Gasteiger partial charge in [-0.25, -0.2) is 4.79 Å². The Balaban J connectivity index is 0.000000189. The second-order valence-corrected chi connectivity index (χ2v) is 8.07. The molecule has 1 N–H and O–H groups in total. The number of hydrogen-bond acceptors (Lipinski definition) is 6. The highest BCUT2D eigenvalue weighted by atomic mass is 16.6. The van der Waals surface area contributed by atoms with E-state index in [1.54, 1.807) is 24.2 Å². The van der Waals surface area contributed by atoms with E-state index in [2.05, 4.69) is 22.4 Å². The lowest BCUT2D eigenvalue weighted by Gasteiger charge is -2.19. The molecule has 1 aliphatic rings. The van der Waals surface area contributed by atoms with Gasteiger partial charge in [-0.05, 0) is 44.9 Å². The number of Topliss-reactive ketones (excluding diaryl/α,β-unsaturated/α-hetero) is 1. The number of ketones is 1. The molecule has 0 spiro atoms. The lowest BCUT2D eigenvalue weighted by Crippen LogP contribution is -2.34. The van der Waals surface area contributed by atoms with Crippen molar-refractivity contribution in [2.24, 2.45) is 0 Å². The van der Waals surface area contributed by atoms with Crippen LogP contribution in [0.4, 0.5) is 4.79 Å². The van der Waals surface area contributed by atoms with Crippen molar-refractivity contribution in [1.82, 2.24) is 25.2 Å². The first-order valence-corrected chi connectivity index (χ1v) is 11.1. The van der Waals surface area contributed by atoms with E-state index in [-0.39, 0.29) is 11.9 Å². The molecule has 0 bridgehead atoms. The van der Waals surface area contributed by atoms with E-state index in [9.17, 15) is 9.59 Å². The number of aryl methyl sites for hydroxylation is 1. The average molecular weight is 450 g/mol. The number of carbonyl (C=O) groups excluding carboxylic acids is 2. The van der Waals surface area contributed by atoms with E-state index in [0.717, 1.165) is 42.9 Å². The Kier molecular flexibility index (Phi) is 8.71. The third-order valence-electron chi connectivity index (χ3n) is 5.34. The predicted octanol–water partition coefficient (Wildman–Crippen LogP) is 3.79. The number of carbonyl (C=O) groups is 2. The van der Waals surface area contributed by atoms with Crippen molar-refractivity contribution in [1.29, 1.82) is 0 Å². The molecule has 2 aromatic carbocycles. The monoisotopic (exact) mass is 449 g/mol. The average Bonchev–Trinajstić information content (AvgIpc) is 3.26. The van der Waals surface area contributed by atoms with Gasteiger partial charge in [0.25, 0.3) is 0 Å². The van der Waals surface area contributed by atoms with Crippen LogP contribution in [0.15, 0.2) is 60.9 Å². The summed E-state index contributed by atoms with van der Waals surface area (Å²) in [5.74, 6) is 0.0194. The van der Waals surface area contributed by atoms with E-state index in [0.29, 0.717) is 18.2 Å². The molecule has 0 aliphatic carbocycles. The van der Waals surface area contributed by atoms with Gasteiger partial charge in [0.1, 0.15) is 6.61 Å². The summed E-state index contributed by atoms with van der Waals surface area (Å²) < 4.78 is 5.32. The third kappa shape index (κ3) is 7.25. The van der Waals surface area contributed by atoms with Crippen LogP contribution in [-0.2, 0) is 11.3 Å². The van der Waals surface area contributed by atoms with E-state index in [1.807, 2.05) is 55.5 Å². The maximum atomic E-state index is 11.9. The lowest BCUT2D eigenvalue weighted by atomic mass is 10.1. The molecule has 33 heavy (non-hydrogen) atoms. The highest BCUT2D eigenvalue weighted by Gasteiger charge is 2.19. The Morgan fingerprint density at radius 2 is 1.82 bits per heavy atom. The van der Waals surface area contributed by atoms with Crippen LogP contribution in [0.1, 0.15) is 41.8 Å². The Hall–Kier alpha value is -3.52. The smallest absolute Gasteiger partial charge is 0.410 e. The number of ether oxygens (including phenoxy) is 1. The Labute approximate surface area is 194 Å². The molecular formula is C25H31N5O3. The summed E-state index contributed by atoms with van der Waals surface area (Å²) in [5.41, 5.74) is 3.44. The van der Waals surface area contributed by atoms with Crippen molar-refractivity contribution < 1.29 is 14.3 Å². The molecule has 0 saturated carbocycles. The standard InChI is InChI=1S/C14H20N2O2.C11H11N3O/c1-12-7-9-16(10-8-15-12)14(17)18-11-13-5-3-2-4-6-13;1-8-3-4-11(10(7-8)9(2)15)14-12-5-6-13-14/h2-6,12,15H,7-11H2,1H3;3-7H,1-2H3/t12-;/m1./s1. The minimum Gasteiger partial charge on any atom is -0.445 e. The second-order valence-electron chi connectivity index (χ2n) is 8.07. The maximum absolute atomic E-state index is 11.9. The van der Waals surface area contributed by atoms with Crippen molar-refractivity contribution in [3.8, 4) is 5.69 Å². The van der Waals surface area contributed by atoms with E-state index in [4.69, 9.17) is 4.74 Å². The predicted molar refractivity (Wildman–Crippen MR) is 126 cm³/mol. The maximum Gasteiger partial charge on any atom is 0.410 e. The van der Waals surface area contributed by atoms with Crippen molar-refractivity contribution in [2.75, 3.05) is 19.6 Å². The number of benzene rings is 2. The van der Waals surface area contributed by atoms with Crippen LogP contribution in [0, 0.1) is 6.92 Å². The molecule has 1 saturated heterocycles. The zero-order valence-electron chi connectivity index (χ0n) is 19.4. The minimum absolute atomic E-state index is 0.0194. The molecule has 0 unspecified atom stereocenters. The minimum atomic E-state index is -0.213. The van der Waals surface area contributed by atoms with Crippen LogP contribution in [-0.4, -0.2) is 57.4 Å². The first-order valence-electron chi connectivity index (χ1n) is 11.1. The van der Waals surface area contributed by atoms with Gasteiger partial charge < -0.3 is 15.0 Å². The molecule has 0 radical (unpaired) electrons. The van der Waals surface area contributed by atoms with Crippen LogP contribution in [0.5, 0.6) is 0 Å². The summed E-state index contributed by atoms with van der Waals surface area (Å²) >= 11 is 0. The first kappa shape index (κ1) is 24.1. The van der Waals surface area contributed by atoms with Crippen molar-refractivity contribution >= 4 is 11.9 Å². The molecule has 8 heteroatoms. The molecule has 3 aromatic rings. The van der Waals surface area contributed by atoms with E-state index < -0.39 is 0 Å². The SMILES string of the molecule is CC(=O)c1cc(C)ccc1-n1nccn1.C[C@@H]1CCN(C(=O)OCc2ccccc2)CCN1. The summed E-state index contributed by atoms with van der Waals surface area (Å²) in [4.78, 5) is 26.6. The van der Waals surface area contributed by atoms with Crippen LogP contribution in [0.3, 0.4) is 0 Å². The molecule has 1 aliphatic heterocycles. The normalized spacial score (nSPS) is 15.7. The Morgan fingerprint density at radius 1 is 1.09 bits per heavy atom. The van der Waals surface area contributed by atoms with Crippen LogP contribution in [0.2, 0.25) is 0 Å². The number of rotatable bonds is 4. The van der Waals surface area contributed by atoms with Gasteiger partial charge in [-0.2, -0.15) is 15.0 Å². The van der Waals surface area contributed by atoms with Gasteiger partial charge in [0.2, 0.25) is 0 Å². The summed E-state index contributed by atoms with van der Waals surface area (Å²) in [7, 11) is 0. The van der Waals surface area contributed by atoms with Crippen LogP contribution < -0.4 is 5.32 Å². The van der Waals surface area contributed by atoms with Crippen molar-refractivity contribution in [3.63, 3.8) is 0 Å². The van der Waals surface area contributed by atoms with Gasteiger partial charge in [0, 0.05) is 31.2 Å². The molecule has 8 nitrogen and oxygen atoms in total. The zero-order valence-corrected chi connectivity index (χ0v) is 19.4. The van der Waals surface area contributed by atoms with E-state index >= 15 is 0 Å². The number of aromatic nitrogens is 3. The molecule has 4 rings (SSSR count). The van der Waals surface area contributed by atoms with Crippen LogP contribution >= 0.6 is 0 Å². The molecule has 1 aromatic heterocycles. The lowest BCUT2D eigenvalue weighted by molar-refractivity contribution is 0.0981.